The molecule has 0 bridgehead atoms. The minimum absolute atomic E-state index is 0.0157. The van der Waals surface area contributed by atoms with Gasteiger partial charge in [-0.2, -0.15) is 0 Å². The summed E-state index contributed by atoms with van der Waals surface area (Å²) < 4.78 is 5.27. The number of likely N-dealkylation sites (tertiary alicyclic amines) is 1. The van der Waals surface area contributed by atoms with Crippen molar-refractivity contribution >= 4 is 11.6 Å². The third-order valence-electron chi connectivity index (χ3n) is 4.12. The number of benzene rings is 1. The number of methoxy groups -OCH3 is 1. The SMILES string of the molecule is COc1ccccc1NC(=O)[C@@H](C)[NH+]1CCCCCC1. The van der Waals surface area contributed by atoms with Crippen LogP contribution in [0.2, 0.25) is 0 Å². The molecule has 1 saturated heterocycles. The third kappa shape index (κ3) is 3.73. The Kier molecular flexibility index (Phi) is 5.41. The number of ether oxygens (including phenoxy) is 1. The molecule has 1 aromatic rings. The van der Waals surface area contributed by atoms with Crippen LogP contribution >= 0.6 is 0 Å². The average Bonchev–Trinajstić information content (AvgIpc) is 2.76. The number of rotatable bonds is 4. The van der Waals surface area contributed by atoms with Gasteiger partial charge in [0.25, 0.3) is 5.91 Å². The number of hydrogen-bond acceptors (Lipinski definition) is 2. The molecular formula is C16H25N2O2+. The fourth-order valence-electron chi connectivity index (χ4n) is 2.79. The normalized spacial score (nSPS) is 18.1. The fourth-order valence-corrected chi connectivity index (χ4v) is 2.79. The number of para-hydroxylation sites is 2. The summed E-state index contributed by atoms with van der Waals surface area (Å²) in [6, 6.07) is 7.53. The molecule has 0 spiro atoms. The van der Waals surface area contributed by atoms with E-state index in [1.807, 2.05) is 31.2 Å². The third-order valence-corrected chi connectivity index (χ3v) is 4.12. The standard InChI is InChI=1S/C16H24N2O2/c1-13(18-11-7-3-4-8-12-18)16(19)17-14-9-5-6-10-15(14)20-2/h5-6,9-10,13H,3-4,7-8,11-12H2,1-2H3,(H,17,19)/p+1/t13-/m1/s1. The summed E-state index contributed by atoms with van der Waals surface area (Å²) >= 11 is 0. The molecule has 1 amide bonds. The highest BCUT2D eigenvalue weighted by atomic mass is 16.5. The molecule has 0 aliphatic carbocycles. The van der Waals surface area contributed by atoms with Crippen LogP contribution in [0.15, 0.2) is 24.3 Å². The minimum Gasteiger partial charge on any atom is -0.495 e. The molecule has 4 heteroatoms. The molecule has 0 saturated carbocycles. The van der Waals surface area contributed by atoms with Crippen LogP contribution in [-0.4, -0.2) is 32.1 Å². The quantitative estimate of drug-likeness (QED) is 0.875. The van der Waals surface area contributed by atoms with Crippen molar-refractivity contribution in [1.82, 2.24) is 0 Å². The van der Waals surface area contributed by atoms with Gasteiger partial charge in [-0.05, 0) is 44.7 Å². The number of amides is 1. The topological polar surface area (TPSA) is 42.8 Å². The van der Waals surface area contributed by atoms with Crippen LogP contribution in [-0.2, 0) is 4.79 Å². The molecule has 20 heavy (non-hydrogen) atoms. The van der Waals surface area contributed by atoms with Crippen molar-refractivity contribution in [3.63, 3.8) is 0 Å². The van der Waals surface area contributed by atoms with Crippen LogP contribution in [0.5, 0.6) is 5.75 Å². The number of carbonyl (C=O) groups is 1. The van der Waals surface area contributed by atoms with Gasteiger partial charge < -0.3 is 15.0 Å². The van der Waals surface area contributed by atoms with Crippen molar-refractivity contribution in [2.75, 3.05) is 25.5 Å². The number of nitrogens with one attached hydrogen (secondary N) is 2. The molecule has 0 radical (unpaired) electrons. The van der Waals surface area contributed by atoms with Gasteiger partial charge in [0.15, 0.2) is 6.04 Å². The molecule has 1 aliphatic heterocycles. The van der Waals surface area contributed by atoms with E-state index in [2.05, 4.69) is 5.32 Å². The van der Waals surface area contributed by atoms with Crippen molar-refractivity contribution in [2.45, 2.75) is 38.6 Å². The maximum absolute atomic E-state index is 12.4. The first-order chi connectivity index (χ1) is 9.72. The lowest BCUT2D eigenvalue weighted by atomic mass is 10.2. The van der Waals surface area contributed by atoms with Crippen LogP contribution in [0.1, 0.15) is 32.6 Å². The molecule has 1 aromatic carbocycles. The Morgan fingerprint density at radius 3 is 2.50 bits per heavy atom. The predicted octanol–water partition coefficient (Wildman–Crippen LogP) is 1.48. The summed E-state index contributed by atoms with van der Waals surface area (Å²) in [6.07, 6.45) is 5.04. The molecule has 1 heterocycles. The van der Waals surface area contributed by atoms with E-state index in [1.165, 1.54) is 30.6 Å². The van der Waals surface area contributed by atoms with E-state index in [0.717, 1.165) is 18.8 Å². The largest absolute Gasteiger partial charge is 0.495 e. The fraction of sp³-hybridized carbons (Fsp3) is 0.562. The van der Waals surface area contributed by atoms with Gasteiger partial charge in [-0.25, -0.2) is 0 Å². The van der Waals surface area contributed by atoms with Crippen LogP contribution in [0.3, 0.4) is 0 Å². The Balaban J connectivity index is 1.99. The zero-order valence-corrected chi connectivity index (χ0v) is 12.4. The highest BCUT2D eigenvalue weighted by Gasteiger charge is 2.26. The second-order valence-corrected chi connectivity index (χ2v) is 5.48. The molecule has 110 valence electrons. The van der Waals surface area contributed by atoms with E-state index in [0.29, 0.717) is 5.75 Å². The van der Waals surface area contributed by atoms with E-state index in [-0.39, 0.29) is 11.9 Å². The summed E-state index contributed by atoms with van der Waals surface area (Å²) in [4.78, 5) is 13.8. The molecule has 1 fully saturated rings. The van der Waals surface area contributed by atoms with Gasteiger partial charge in [0.1, 0.15) is 5.75 Å². The summed E-state index contributed by atoms with van der Waals surface area (Å²) in [5.74, 6) is 0.783. The van der Waals surface area contributed by atoms with Crippen molar-refractivity contribution in [1.29, 1.82) is 0 Å². The van der Waals surface area contributed by atoms with Gasteiger partial charge in [0.2, 0.25) is 0 Å². The van der Waals surface area contributed by atoms with E-state index in [9.17, 15) is 4.79 Å². The second kappa shape index (κ2) is 7.29. The van der Waals surface area contributed by atoms with Crippen LogP contribution < -0.4 is 15.0 Å². The Bertz CT molecular complexity index is 440. The van der Waals surface area contributed by atoms with Gasteiger partial charge in [0, 0.05) is 0 Å². The van der Waals surface area contributed by atoms with Gasteiger partial charge in [0.05, 0.1) is 25.9 Å². The zero-order valence-electron chi connectivity index (χ0n) is 12.4. The molecule has 4 nitrogen and oxygen atoms in total. The van der Waals surface area contributed by atoms with Crippen LogP contribution in [0.4, 0.5) is 5.69 Å². The smallest absolute Gasteiger partial charge is 0.282 e. The van der Waals surface area contributed by atoms with E-state index in [1.54, 1.807) is 7.11 Å². The van der Waals surface area contributed by atoms with Crippen LogP contribution in [0.25, 0.3) is 0 Å². The lowest BCUT2D eigenvalue weighted by Gasteiger charge is -2.24. The van der Waals surface area contributed by atoms with Gasteiger partial charge in [-0.3, -0.25) is 4.79 Å². The maximum Gasteiger partial charge on any atom is 0.282 e. The van der Waals surface area contributed by atoms with E-state index in [4.69, 9.17) is 4.74 Å². The van der Waals surface area contributed by atoms with Crippen molar-refractivity contribution in [3.8, 4) is 5.75 Å². The van der Waals surface area contributed by atoms with Crippen molar-refractivity contribution in [2.24, 2.45) is 0 Å². The average molecular weight is 277 g/mol. The number of quaternary nitrogens is 1. The molecule has 0 unspecified atom stereocenters. The van der Waals surface area contributed by atoms with Gasteiger partial charge in [-0.15, -0.1) is 0 Å². The first kappa shape index (κ1) is 14.9. The van der Waals surface area contributed by atoms with E-state index < -0.39 is 0 Å². The zero-order chi connectivity index (χ0) is 14.4. The maximum atomic E-state index is 12.4. The number of anilines is 1. The molecule has 1 aliphatic rings. The molecule has 2 N–H and O–H groups in total. The Hall–Kier alpha value is -1.55. The Morgan fingerprint density at radius 1 is 1.20 bits per heavy atom. The van der Waals surface area contributed by atoms with Crippen LogP contribution in [0, 0.1) is 0 Å². The number of carbonyl (C=O) groups excluding carboxylic acids is 1. The summed E-state index contributed by atoms with van der Waals surface area (Å²) in [7, 11) is 1.62. The minimum atomic E-state index is -0.0157. The highest BCUT2D eigenvalue weighted by molar-refractivity contribution is 5.94. The summed E-state index contributed by atoms with van der Waals surface area (Å²) in [5, 5.41) is 2.99. The lowest BCUT2D eigenvalue weighted by molar-refractivity contribution is -0.913. The molecule has 1 atom stereocenters. The lowest BCUT2D eigenvalue weighted by Crippen LogP contribution is -3.16. The van der Waals surface area contributed by atoms with Gasteiger partial charge >= 0.3 is 0 Å². The van der Waals surface area contributed by atoms with E-state index >= 15 is 0 Å². The van der Waals surface area contributed by atoms with Gasteiger partial charge in [-0.1, -0.05) is 12.1 Å². The molecular weight excluding hydrogens is 252 g/mol. The Morgan fingerprint density at radius 2 is 1.85 bits per heavy atom. The first-order valence-corrected chi connectivity index (χ1v) is 7.51. The summed E-state index contributed by atoms with van der Waals surface area (Å²) in [5.41, 5.74) is 0.751. The monoisotopic (exact) mass is 277 g/mol. The number of hydrogen-bond donors (Lipinski definition) is 2. The Labute approximate surface area is 121 Å². The highest BCUT2D eigenvalue weighted by Crippen LogP contribution is 2.22. The summed E-state index contributed by atoms with van der Waals surface area (Å²) in [6.45, 7) is 4.21. The van der Waals surface area contributed by atoms with Crippen molar-refractivity contribution < 1.29 is 14.4 Å². The first-order valence-electron chi connectivity index (χ1n) is 7.51. The van der Waals surface area contributed by atoms with Crippen molar-refractivity contribution in [3.05, 3.63) is 24.3 Å². The molecule has 2 rings (SSSR count). The molecule has 0 aromatic heterocycles. The second-order valence-electron chi connectivity index (χ2n) is 5.48. The predicted molar refractivity (Wildman–Crippen MR) is 80.3 cm³/mol.